The Morgan fingerprint density at radius 1 is 1.22 bits per heavy atom. The molecule has 2 saturated heterocycles. The first kappa shape index (κ1) is 11.7. The third kappa shape index (κ3) is 2.27. The van der Waals surface area contributed by atoms with Crippen molar-refractivity contribution in [2.75, 3.05) is 6.61 Å². The topological polar surface area (TPSA) is 42.2 Å². The maximum absolute atomic E-state index is 8.94. The number of fused-ring (bicyclic) bond motifs is 2. The molecule has 18 heavy (non-hydrogen) atoms. The first-order chi connectivity index (χ1) is 8.86. The summed E-state index contributed by atoms with van der Waals surface area (Å²) in [6.07, 6.45) is 2.28. The monoisotopic (exact) mass is 243 g/mol. The largest absolute Gasteiger partial charge is 0.376 e. The number of benzene rings is 1. The first-order valence-electron chi connectivity index (χ1n) is 6.53. The van der Waals surface area contributed by atoms with Crippen molar-refractivity contribution in [3.05, 3.63) is 35.9 Å². The lowest BCUT2D eigenvalue weighted by Crippen LogP contribution is -2.25. The molecule has 2 aliphatic rings. The van der Waals surface area contributed by atoms with Gasteiger partial charge in [0.15, 0.2) is 0 Å². The fourth-order valence-electron chi connectivity index (χ4n) is 2.96. The van der Waals surface area contributed by atoms with Crippen molar-refractivity contribution < 1.29 is 9.47 Å². The zero-order valence-corrected chi connectivity index (χ0v) is 10.3. The van der Waals surface area contributed by atoms with Gasteiger partial charge >= 0.3 is 0 Å². The molecule has 4 atom stereocenters. The molecule has 2 fully saturated rings. The fraction of sp³-hybridized carbons (Fsp3) is 0.533. The highest BCUT2D eigenvalue weighted by Crippen LogP contribution is 2.42. The number of rotatable bonds is 4. The Morgan fingerprint density at radius 2 is 2.06 bits per heavy atom. The average Bonchev–Trinajstić information content (AvgIpc) is 2.99. The Labute approximate surface area is 107 Å². The Bertz CT molecular complexity index is 440. The number of hydrogen-bond donors (Lipinski definition) is 0. The molecule has 3 rings (SSSR count). The molecule has 3 heteroatoms. The van der Waals surface area contributed by atoms with Crippen LogP contribution in [0.4, 0.5) is 0 Å². The minimum atomic E-state index is 0.111. The van der Waals surface area contributed by atoms with Crippen LogP contribution in [0.3, 0.4) is 0 Å². The van der Waals surface area contributed by atoms with Crippen LogP contribution < -0.4 is 0 Å². The Balaban J connectivity index is 1.45. The molecular formula is C15H17NO2. The van der Waals surface area contributed by atoms with Gasteiger partial charge in [0.25, 0.3) is 0 Å². The van der Waals surface area contributed by atoms with Crippen molar-refractivity contribution in [1.82, 2.24) is 0 Å². The van der Waals surface area contributed by atoms with Crippen molar-refractivity contribution in [2.24, 2.45) is 11.8 Å². The molecule has 0 N–H and O–H groups in total. The second-order valence-electron chi connectivity index (χ2n) is 5.18. The third-order valence-corrected chi connectivity index (χ3v) is 3.95. The van der Waals surface area contributed by atoms with E-state index in [2.05, 4.69) is 18.2 Å². The van der Waals surface area contributed by atoms with E-state index in [1.807, 2.05) is 18.2 Å². The highest BCUT2D eigenvalue weighted by Gasteiger charge is 2.47. The van der Waals surface area contributed by atoms with Gasteiger partial charge in [-0.05, 0) is 18.4 Å². The van der Waals surface area contributed by atoms with E-state index in [9.17, 15) is 0 Å². The normalized spacial score (nSPS) is 33.5. The molecule has 3 nitrogen and oxygen atoms in total. The summed E-state index contributed by atoms with van der Waals surface area (Å²) in [5.41, 5.74) is 1.21. The van der Waals surface area contributed by atoms with Crippen LogP contribution in [0.5, 0.6) is 0 Å². The summed E-state index contributed by atoms with van der Waals surface area (Å²) in [6.45, 7) is 1.41. The minimum Gasteiger partial charge on any atom is -0.376 e. The highest BCUT2D eigenvalue weighted by molar-refractivity contribution is 5.13. The quantitative estimate of drug-likeness (QED) is 0.816. The Hall–Kier alpha value is -1.37. The molecule has 1 aromatic carbocycles. The van der Waals surface area contributed by atoms with Gasteiger partial charge < -0.3 is 9.47 Å². The second kappa shape index (κ2) is 5.09. The number of nitrogens with zero attached hydrogens (tertiary/aromatic N) is 1. The molecule has 2 heterocycles. The summed E-state index contributed by atoms with van der Waals surface area (Å²) in [5.74, 6) is 0.587. The van der Waals surface area contributed by atoms with Crippen LogP contribution in [0, 0.1) is 23.2 Å². The van der Waals surface area contributed by atoms with Crippen LogP contribution >= 0.6 is 0 Å². The molecule has 94 valence electrons. The van der Waals surface area contributed by atoms with E-state index in [1.54, 1.807) is 0 Å². The Kier molecular flexibility index (Phi) is 3.31. The van der Waals surface area contributed by atoms with E-state index in [0.29, 0.717) is 12.5 Å². The van der Waals surface area contributed by atoms with Crippen LogP contribution in [0.1, 0.15) is 18.4 Å². The molecule has 1 aromatic rings. The van der Waals surface area contributed by atoms with Gasteiger partial charge in [-0.1, -0.05) is 30.3 Å². The van der Waals surface area contributed by atoms with Gasteiger partial charge in [-0.15, -0.1) is 0 Å². The van der Waals surface area contributed by atoms with Crippen LogP contribution in [0.15, 0.2) is 30.3 Å². The van der Waals surface area contributed by atoms with E-state index >= 15 is 0 Å². The van der Waals surface area contributed by atoms with E-state index in [0.717, 1.165) is 19.4 Å². The fourth-order valence-corrected chi connectivity index (χ4v) is 2.96. The minimum absolute atomic E-state index is 0.111. The van der Waals surface area contributed by atoms with Crippen molar-refractivity contribution in [2.45, 2.75) is 31.7 Å². The maximum Gasteiger partial charge on any atom is 0.0750 e. The molecule has 0 aromatic heterocycles. The lowest BCUT2D eigenvalue weighted by molar-refractivity contribution is 0.0449. The summed E-state index contributed by atoms with van der Waals surface area (Å²) in [5, 5.41) is 8.94. The van der Waals surface area contributed by atoms with E-state index in [1.165, 1.54) is 5.56 Å². The van der Waals surface area contributed by atoms with Gasteiger partial charge in [-0.3, -0.25) is 0 Å². The second-order valence-corrected chi connectivity index (χ2v) is 5.18. The molecular weight excluding hydrogens is 226 g/mol. The molecule has 4 unspecified atom stereocenters. The molecule has 0 amide bonds. The van der Waals surface area contributed by atoms with E-state index < -0.39 is 0 Å². The predicted molar refractivity (Wildman–Crippen MR) is 66.6 cm³/mol. The van der Waals surface area contributed by atoms with Gasteiger partial charge in [0, 0.05) is 5.92 Å². The Morgan fingerprint density at radius 3 is 2.72 bits per heavy atom. The first-order valence-corrected chi connectivity index (χ1v) is 6.53. The molecule has 2 aliphatic heterocycles. The zero-order chi connectivity index (χ0) is 12.4. The standard InChI is InChI=1S/C15H17NO2/c16-8-12-6-15-13(7-14(12)18-15)10-17-9-11-4-2-1-3-5-11/h1-5,12-15H,6-7,9-10H2. The highest BCUT2D eigenvalue weighted by atomic mass is 16.5. The SMILES string of the molecule is N#CC1CC2OC1CC2COCc1ccccc1. The molecule has 0 spiro atoms. The third-order valence-electron chi connectivity index (χ3n) is 3.95. The van der Waals surface area contributed by atoms with Crippen molar-refractivity contribution in [1.29, 1.82) is 5.26 Å². The smallest absolute Gasteiger partial charge is 0.0750 e. The van der Waals surface area contributed by atoms with E-state index in [4.69, 9.17) is 14.7 Å². The summed E-state index contributed by atoms with van der Waals surface area (Å²) in [6, 6.07) is 12.5. The van der Waals surface area contributed by atoms with Crippen molar-refractivity contribution in [3.63, 3.8) is 0 Å². The zero-order valence-electron chi connectivity index (χ0n) is 10.3. The molecule has 2 bridgehead atoms. The summed E-state index contributed by atoms with van der Waals surface area (Å²) in [7, 11) is 0. The molecule has 0 radical (unpaired) electrons. The van der Waals surface area contributed by atoms with Gasteiger partial charge in [-0.2, -0.15) is 5.26 Å². The lowest BCUT2D eigenvalue weighted by atomic mass is 9.83. The van der Waals surface area contributed by atoms with Gasteiger partial charge in [0.2, 0.25) is 0 Å². The summed E-state index contributed by atoms with van der Waals surface area (Å²) in [4.78, 5) is 0. The average molecular weight is 243 g/mol. The molecule has 0 saturated carbocycles. The number of hydrogen-bond acceptors (Lipinski definition) is 3. The van der Waals surface area contributed by atoms with Gasteiger partial charge in [0.05, 0.1) is 37.4 Å². The van der Waals surface area contributed by atoms with E-state index in [-0.39, 0.29) is 18.1 Å². The van der Waals surface area contributed by atoms with Crippen LogP contribution in [-0.2, 0) is 16.1 Å². The number of nitriles is 1. The lowest BCUT2D eigenvalue weighted by Gasteiger charge is -2.20. The predicted octanol–water partition coefficient (Wildman–Crippen LogP) is 2.52. The van der Waals surface area contributed by atoms with Crippen LogP contribution in [0.25, 0.3) is 0 Å². The van der Waals surface area contributed by atoms with Crippen molar-refractivity contribution >= 4 is 0 Å². The number of ether oxygens (including phenoxy) is 2. The summed E-state index contributed by atoms with van der Waals surface area (Å²) < 4.78 is 11.6. The van der Waals surface area contributed by atoms with Gasteiger partial charge in [0.1, 0.15) is 0 Å². The summed E-state index contributed by atoms with van der Waals surface area (Å²) >= 11 is 0. The van der Waals surface area contributed by atoms with Gasteiger partial charge in [-0.25, -0.2) is 0 Å². The molecule has 0 aliphatic carbocycles. The van der Waals surface area contributed by atoms with Crippen LogP contribution in [-0.4, -0.2) is 18.8 Å². The van der Waals surface area contributed by atoms with Crippen LogP contribution in [0.2, 0.25) is 0 Å². The maximum atomic E-state index is 8.94. The van der Waals surface area contributed by atoms with Crippen molar-refractivity contribution in [3.8, 4) is 6.07 Å².